The van der Waals surface area contributed by atoms with Crippen molar-refractivity contribution in [3.63, 3.8) is 0 Å². The molecule has 29 heavy (non-hydrogen) atoms. The fraction of sp³-hybridized carbons (Fsp3) is 0.421. The Morgan fingerprint density at radius 3 is 2.69 bits per heavy atom. The van der Waals surface area contributed by atoms with Gasteiger partial charge in [0.25, 0.3) is 11.1 Å². The second-order valence-corrected chi connectivity index (χ2v) is 7.96. The Bertz CT molecular complexity index is 812. The second kappa shape index (κ2) is 11.4. The first-order chi connectivity index (χ1) is 13.9. The number of nitrogens with zero attached hydrogens (tertiary/aromatic N) is 1. The van der Waals surface area contributed by atoms with Crippen LogP contribution in [0.25, 0.3) is 6.08 Å². The summed E-state index contributed by atoms with van der Waals surface area (Å²) in [5, 5.41) is -0.298. The van der Waals surface area contributed by atoms with E-state index in [0.717, 1.165) is 11.8 Å². The molecule has 10 heteroatoms. The monoisotopic (exact) mass is 535 g/mol. The molecule has 2 amide bonds. The van der Waals surface area contributed by atoms with Crippen molar-refractivity contribution in [3.8, 4) is 11.5 Å². The highest BCUT2D eigenvalue weighted by Crippen LogP contribution is 2.37. The normalized spacial score (nSPS) is 15.2. The Morgan fingerprint density at radius 1 is 1.28 bits per heavy atom. The molecule has 1 aromatic rings. The van der Waals surface area contributed by atoms with Crippen molar-refractivity contribution in [3.05, 3.63) is 26.2 Å². The first kappa shape index (κ1) is 23.5. The molecule has 0 N–H and O–H groups in total. The molecular formula is C19H22INO7S. The fourth-order valence-electron chi connectivity index (χ4n) is 2.51. The minimum Gasteiger partial charge on any atom is -0.493 e. The van der Waals surface area contributed by atoms with Crippen molar-refractivity contribution >= 4 is 57.5 Å². The standard InChI is InChI=1S/C19H22INO7S/c1-4-27-16(22)11-28-17-13(20)8-12(9-14(17)26-3)10-15-18(23)21(19(24)29-15)6-5-7-25-2/h8-10H,4-7,11H2,1-3H3/b15-10+. The number of carbonyl (C=O) groups excluding carboxylic acids is 3. The summed E-state index contributed by atoms with van der Waals surface area (Å²) in [6.45, 7) is 2.55. The molecule has 1 aromatic carbocycles. The Morgan fingerprint density at radius 2 is 2.03 bits per heavy atom. The lowest BCUT2D eigenvalue weighted by Crippen LogP contribution is -2.29. The van der Waals surface area contributed by atoms with Crippen LogP contribution in [0.1, 0.15) is 18.9 Å². The molecule has 0 saturated carbocycles. The van der Waals surface area contributed by atoms with Gasteiger partial charge in [-0.25, -0.2) is 4.79 Å². The molecule has 1 saturated heterocycles. The van der Waals surface area contributed by atoms with Crippen molar-refractivity contribution in [1.82, 2.24) is 4.90 Å². The van der Waals surface area contributed by atoms with Gasteiger partial charge < -0.3 is 18.9 Å². The Labute approximate surface area is 187 Å². The number of rotatable bonds is 10. The quantitative estimate of drug-likeness (QED) is 0.195. The first-order valence-corrected chi connectivity index (χ1v) is 10.7. The Kier molecular flexibility index (Phi) is 9.24. The average molecular weight is 535 g/mol. The molecule has 0 aromatic heterocycles. The predicted molar refractivity (Wildman–Crippen MR) is 117 cm³/mol. The number of benzene rings is 1. The van der Waals surface area contributed by atoms with Crippen LogP contribution in [0.5, 0.6) is 11.5 Å². The number of carbonyl (C=O) groups is 3. The summed E-state index contributed by atoms with van der Waals surface area (Å²) in [6, 6.07) is 3.46. The van der Waals surface area contributed by atoms with Gasteiger partial charge in [-0.3, -0.25) is 14.5 Å². The van der Waals surface area contributed by atoms with Crippen molar-refractivity contribution in [1.29, 1.82) is 0 Å². The van der Waals surface area contributed by atoms with Crippen LogP contribution in [-0.4, -0.2) is 62.6 Å². The average Bonchev–Trinajstić information content (AvgIpc) is 2.94. The van der Waals surface area contributed by atoms with Crippen LogP contribution in [0.4, 0.5) is 4.79 Å². The van der Waals surface area contributed by atoms with Crippen LogP contribution < -0.4 is 9.47 Å². The molecule has 0 radical (unpaired) electrons. The maximum absolute atomic E-state index is 12.5. The highest BCUT2D eigenvalue weighted by Gasteiger charge is 2.34. The number of imide groups is 1. The number of thioether (sulfide) groups is 1. The molecule has 0 bridgehead atoms. The van der Waals surface area contributed by atoms with Gasteiger partial charge in [0.2, 0.25) is 0 Å². The number of methoxy groups -OCH3 is 2. The largest absolute Gasteiger partial charge is 0.493 e. The molecule has 2 rings (SSSR count). The fourth-order valence-corrected chi connectivity index (χ4v) is 4.15. The summed E-state index contributed by atoms with van der Waals surface area (Å²) in [6.07, 6.45) is 2.22. The number of esters is 1. The zero-order valence-corrected chi connectivity index (χ0v) is 19.3. The van der Waals surface area contributed by atoms with Crippen molar-refractivity contribution in [2.45, 2.75) is 13.3 Å². The minimum absolute atomic E-state index is 0.236. The number of hydrogen-bond acceptors (Lipinski definition) is 8. The zero-order chi connectivity index (χ0) is 21.4. The summed E-state index contributed by atoms with van der Waals surface area (Å²) in [5.41, 5.74) is 0.678. The van der Waals surface area contributed by atoms with Crippen LogP contribution in [0.2, 0.25) is 0 Å². The van der Waals surface area contributed by atoms with Crippen LogP contribution in [0.3, 0.4) is 0 Å². The summed E-state index contributed by atoms with van der Waals surface area (Å²) >= 11 is 2.96. The van der Waals surface area contributed by atoms with E-state index in [0.29, 0.717) is 45.1 Å². The van der Waals surface area contributed by atoms with Crippen LogP contribution in [0.15, 0.2) is 17.0 Å². The van der Waals surface area contributed by atoms with Crippen LogP contribution >= 0.6 is 34.4 Å². The molecule has 0 atom stereocenters. The van der Waals surface area contributed by atoms with Gasteiger partial charge in [-0.15, -0.1) is 0 Å². The molecule has 8 nitrogen and oxygen atoms in total. The number of amides is 2. The molecule has 1 aliphatic heterocycles. The van der Waals surface area contributed by atoms with Gasteiger partial charge in [-0.1, -0.05) is 0 Å². The predicted octanol–water partition coefficient (Wildman–Crippen LogP) is 3.31. The van der Waals surface area contributed by atoms with Crippen LogP contribution in [-0.2, 0) is 19.1 Å². The minimum atomic E-state index is -0.475. The molecule has 1 aliphatic rings. The van der Waals surface area contributed by atoms with Gasteiger partial charge in [0, 0.05) is 20.3 Å². The third-order valence-corrected chi connectivity index (χ3v) is 5.50. The molecular weight excluding hydrogens is 513 g/mol. The lowest BCUT2D eigenvalue weighted by molar-refractivity contribution is -0.145. The van der Waals surface area contributed by atoms with E-state index in [1.54, 1.807) is 32.2 Å². The van der Waals surface area contributed by atoms with Crippen molar-refractivity contribution < 1.29 is 33.3 Å². The summed E-state index contributed by atoms with van der Waals surface area (Å²) in [5.74, 6) is 0.0158. The van der Waals surface area contributed by atoms with Crippen LogP contribution in [0, 0.1) is 3.57 Å². The third-order valence-electron chi connectivity index (χ3n) is 3.79. The van der Waals surface area contributed by atoms with E-state index in [9.17, 15) is 14.4 Å². The molecule has 0 aliphatic carbocycles. The van der Waals surface area contributed by atoms with E-state index in [4.69, 9.17) is 18.9 Å². The van der Waals surface area contributed by atoms with Gasteiger partial charge in [0.05, 0.1) is 22.2 Å². The number of hydrogen-bond donors (Lipinski definition) is 0. The lowest BCUT2D eigenvalue weighted by atomic mass is 10.2. The van der Waals surface area contributed by atoms with Gasteiger partial charge in [-0.2, -0.15) is 0 Å². The SMILES string of the molecule is CCOC(=O)COc1c(I)cc(/C=C2/SC(=O)N(CCCOC)C2=O)cc1OC. The summed E-state index contributed by atoms with van der Waals surface area (Å²) in [7, 11) is 3.05. The van der Waals surface area contributed by atoms with E-state index >= 15 is 0 Å². The highest BCUT2D eigenvalue weighted by atomic mass is 127. The van der Waals surface area contributed by atoms with E-state index in [-0.39, 0.29) is 24.4 Å². The Hall–Kier alpha value is -1.79. The highest BCUT2D eigenvalue weighted by molar-refractivity contribution is 14.1. The molecule has 1 fully saturated rings. The summed E-state index contributed by atoms with van der Waals surface area (Å²) < 4.78 is 21.4. The Balaban J connectivity index is 2.18. The second-order valence-electron chi connectivity index (χ2n) is 5.81. The lowest BCUT2D eigenvalue weighted by Gasteiger charge is -2.13. The van der Waals surface area contributed by atoms with Gasteiger partial charge in [0.1, 0.15) is 0 Å². The topological polar surface area (TPSA) is 91.4 Å². The van der Waals surface area contributed by atoms with Gasteiger partial charge in [0.15, 0.2) is 18.1 Å². The zero-order valence-electron chi connectivity index (χ0n) is 16.4. The number of ether oxygens (including phenoxy) is 4. The molecule has 1 heterocycles. The maximum atomic E-state index is 12.5. The number of halogens is 1. The van der Waals surface area contributed by atoms with Crippen molar-refractivity contribution in [2.75, 3.05) is 40.6 Å². The molecule has 0 spiro atoms. The van der Waals surface area contributed by atoms with Gasteiger partial charge in [-0.05, 0) is 71.5 Å². The third kappa shape index (κ3) is 6.34. The molecule has 0 unspecified atom stereocenters. The van der Waals surface area contributed by atoms with E-state index < -0.39 is 5.97 Å². The van der Waals surface area contributed by atoms with Gasteiger partial charge >= 0.3 is 5.97 Å². The molecule has 158 valence electrons. The maximum Gasteiger partial charge on any atom is 0.344 e. The van der Waals surface area contributed by atoms with E-state index in [2.05, 4.69) is 22.6 Å². The first-order valence-electron chi connectivity index (χ1n) is 8.81. The van der Waals surface area contributed by atoms with E-state index in [1.165, 1.54) is 12.0 Å². The smallest absolute Gasteiger partial charge is 0.344 e. The van der Waals surface area contributed by atoms with Crippen molar-refractivity contribution in [2.24, 2.45) is 0 Å². The van der Waals surface area contributed by atoms with E-state index in [1.807, 2.05) is 0 Å². The summed E-state index contributed by atoms with van der Waals surface area (Å²) in [4.78, 5) is 37.7.